The summed E-state index contributed by atoms with van der Waals surface area (Å²) < 4.78 is 0. The summed E-state index contributed by atoms with van der Waals surface area (Å²) in [5.41, 5.74) is 2.86. The van der Waals surface area contributed by atoms with E-state index in [1.807, 2.05) is 24.3 Å². The van der Waals surface area contributed by atoms with Crippen molar-refractivity contribution in [3.05, 3.63) is 53.1 Å². The van der Waals surface area contributed by atoms with E-state index in [0.717, 1.165) is 5.56 Å². The zero-order valence-electron chi connectivity index (χ0n) is 11.6. The van der Waals surface area contributed by atoms with Gasteiger partial charge in [-0.2, -0.15) is 0 Å². The number of amides is 1. The smallest absolute Gasteiger partial charge is 0.259 e. The lowest BCUT2D eigenvalue weighted by molar-refractivity contribution is 0.102. The van der Waals surface area contributed by atoms with Gasteiger partial charge < -0.3 is 10.4 Å². The van der Waals surface area contributed by atoms with Crippen LogP contribution >= 0.6 is 0 Å². The Bertz CT molecular complexity index is 609. The van der Waals surface area contributed by atoms with E-state index in [1.165, 1.54) is 6.20 Å². The standard InChI is InChI=1S/C15H17N3O2/c1-10-14(9-16-11(2)17-10)15(20)18-13-5-3-12(4-6-13)7-8-19/h3-6,9,19H,7-8H2,1-2H3,(H,18,20). The van der Waals surface area contributed by atoms with Crippen LogP contribution in [0.1, 0.15) is 27.4 Å². The fraction of sp³-hybridized carbons (Fsp3) is 0.267. The van der Waals surface area contributed by atoms with Gasteiger partial charge in [0.1, 0.15) is 5.82 Å². The van der Waals surface area contributed by atoms with Gasteiger partial charge in [-0.1, -0.05) is 12.1 Å². The quantitative estimate of drug-likeness (QED) is 0.890. The molecule has 2 N–H and O–H groups in total. The number of nitrogens with one attached hydrogen (secondary N) is 1. The number of rotatable bonds is 4. The van der Waals surface area contributed by atoms with Gasteiger partial charge in [-0.05, 0) is 38.0 Å². The molecule has 104 valence electrons. The Hall–Kier alpha value is -2.27. The molecule has 0 saturated carbocycles. The molecule has 0 atom stereocenters. The van der Waals surface area contributed by atoms with E-state index in [2.05, 4.69) is 15.3 Å². The van der Waals surface area contributed by atoms with Gasteiger partial charge in [0.2, 0.25) is 0 Å². The summed E-state index contributed by atoms with van der Waals surface area (Å²) in [5.74, 6) is 0.421. The molecule has 1 aromatic heterocycles. The molecule has 1 amide bonds. The van der Waals surface area contributed by atoms with E-state index in [4.69, 9.17) is 5.11 Å². The van der Waals surface area contributed by atoms with Crippen LogP contribution in [0, 0.1) is 13.8 Å². The molecule has 5 nitrogen and oxygen atoms in total. The van der Waals surface area contributed by atoms with Crippen LogP contribution < -0.4 is 5.32 Å². The zero-order chi connectivity index (χ0) is 14.5. The van der Waals surface area contributed by atoms with Gasteiger partial charge in [0, 0.05) is 18.5 Å². The Kier molecular flexibility index (Phi) is 4.42. The number of anilines is 1. The summed E-state index contributed by atoms with van der Waals surface area (Å²) in [7, 11) is 0. The molecule has 1 heterocycles. The van der Waals surface area contributed by atoms with Crippen molar-refractivity contribution in [3.8, 4) is 0 Å². The van der Waals surface area contributed by atoms with Gasteiger partial charge in [0.05, 0.1) is 11.3 Å². The van der Waals surface area contributed by atoms with Gasteiger partial charge in [0.25, 0.3) is 5.91 Å². The first-order valence-corrected chi connectivity index (χ1v) is 6.41. The second-order valence-corrected chi connectivity index (χ2v) is 4.54. The third kappa shape index (κ3) is 3.39. The van der Waals surface area contributed by atoms with E-state index in [-0.39, 0.29) is 12.5 Å². The number of hydrogen-bond acceptors (Lipinski definition) is 4. The number of carbonyl (C=O) groups is 1. The van der Waals surface area contributed by atoms with Gasteiger partial charge in [-0.25, -0.2) is 9.97 Å². The molecule has 0 unspecified atom stereocenters. The van der Waals surface area contributed by atoms with E-state index >= 15 is 0 Å². The van der Waals surface area contributed by atoms with Crippen LogP contribution in [0.15, 0.2) is 30.5 Å². The number of aromatic nitrogens is 2. The highest BCUT2D eigenvalue weighted by molar-refractivity contribution is 6.04. The van der Waals surface area contributed by atoms with Crippen molar-refractivity contribution in [1.82, 2.24) is 9.97 Å². The molecular weight excluding hydrogens is 254 g/mol. The summed E-state index contributed by atoms with van der Waals surface area (Å²) in [6.07, 6.45) is 2.15. The minimum Gasteiger partial charge on any atom is -0.396 e. The van der Waals surface area contributed by atoms with E-state index in [0.29, 0.717) is 29.2 Å². The third-order valence-electron chi connectivity index (χ3n) is 2.96. The zero-order valence-corrected chi connectivity index (χ0v) is 11.6. The minimum absolute atomic E-state index is 0.117. The highest BCUT2D eigenvalue weighted by Crippen LogP contribution is 2.12. The largest absolute Gasteiger partial charge is 0.396 e. The summed E-state index contributed by atoms with van der Waals surface area (Å²) in [6.45, 7) is 3.69. The predicted molar refractivity (Wildman–Crippen MR) is 76.7 cm³/mol. The Morgan fingerprint density at radius 2 is 1.95 bits per heavy atom. The molecular formula is C15H17N3O2. The highest BCUT2D eigenvalue weighted by Gasteiger charge is 2.11. The topological polar surface area (TPSA) is 75.1 Å². The second kappa shape index (κ2) is 6.25. The number of hydrogen-bond donors (Lipinski definition) is 2. The van der Waals surface area contributed by atoms with Crippen LogP contribution in [0.25, 0.3) is 0 Å². The first-order valence-electron chi connectivity index (χ1n) is 6.41. The highest BCUT2D eigenvalue weighted by atomic mass is 16.2. The van der Waals surface area contributed by atoms with Crippen LogP contribution in [0.2, 0.25) is 0 Å². The molecule has 2 aromatic rings. The van der Waals surface area contributed by atoms with Gasteiger partial charge >= 0.3 is 0 Å². The average Bonchev–Trinajstić information content (AvgIpc) is 2.41. The van der Waals surface area contributed by atoms with Gasteiger partial charge in [0.15, 0.2) is 0 Å². The molecule has 20 heavy (non-hydrogen) atoms. The molecule has 2 rings (SSSR count). The minimum atomic E-state index is -0.225. The number of benzene rings is 1. The van der Waals surface area contributed by atoms with E-state index < -0.39 is 0 Å². The SMILES string of the molecule is Cc1ncc(C(=O)Nc2ccc(CCO)cc2)c(C)n1. The third-order valence-corrected chi connectivity index (χ3v) is 2.96. The maximum atomic E-state index is 12.1. The maximum absolute atomic E-state index is 12.1. The lowest BCUT2D eigenvalue weighted by Crippen LogP contribution is -2.15. The van der Waals surface area contributed by atoms with Crippen LogP contribution in [0.3, 0.4) is 0 Å². The molecule has 0 aliphatic rings. The first kappa shape index (κ1) is 14.1. The molecule has 0 spiro atoms. The average molecular weight is 271 g/mol. The Balaban J connectivity index is 2.11. The summed E-state index contributed by atoms with van der Waals surface area (Å²) in [5, 5.41) is 11.7. The molecule has 0 fully saturated rings. The predicted octanol–water partition coefficient (Wildman–Crippen LogP) is 1.88. The summed E-state index contributed by atoms with van der Waals surface area (Å²) in [6, 6.07) is 7.38. The monoisotopic (exact) mass is 271 g/mol. The maximum Gasteiger partial charge on any atom is 0.259 e. The number of aryl methyl sites for hydroxylation is 2. The number of aliphatic hydroxyl groups is 1. The number of aliphatic hydroxyl groups excluding tert-OH is 1. The fourth-order valence-corrected chi connectivity index (χ4v) is 1.89. The molecule has 5 heteroatoms. The number of nitrogens with zero attached hydrogens (tertiary/aromatic N) is 2. The van der Waals surface area contributed by atoms with E-state index in [1.54, 1.807) is 13.8 Å². The fourth-order valence-electron chi connectivity index (χ4n) is 1.89. The van der Waals surface area contributed by atoms with Crippen LogP contribution in [0.5, 0.6) is 0 Å². The van der Waals surface area contributed by atoms with Crippen molar-refractivity contribution in [3.63, 3.8) is 0 Å². The molecule has 0 bridgehead atoms. The van der Waals surface area contributed by atoms with Crippen molar-refractivity contribution in [1.29, 1.82) is 0 Å². The van der Waals surface area contributed by atoms with Crippen LogP contribution in [-0.4, -0.2) is 27.6 Å². The van der Waals surface area contributed by atoms with Gasteiger partial charge in [-0.3, -0.25) is 4.79 Å². The van der Waals surface area contributed by atoms with Crippen molar-refractivity contribution in [2.24, 2.45) is 0 Å². The lowest BCUT2D eigenvalue weighted by Gasteiger charge is -2.08. The normalized spacial score (nSPS) is 10.3. The molecule has 0 aliphatic carbocycles. The lowest BCUT2D eigenvalue weighted by atomic mass is 10.1. The second-order valence-electron chi connectivity index (χ2n) is 4.54. The summed E-state index contributed by atoms with van der Waals surface area (Å²) in [4.78, 5) is 20.3. The van der Waals surface area contributed by atoms with E-state index in [9.17, 15) is 4.79 Å². The van der Waals surface area contributed by atoms with Crippen molar-refractivity contribution in [2.75, 3.05) is 11.9 Å². The van der Waals surface area contributed by atoms with Crippen molar-refractivity contribution < 1.29 is 9.90 Å². The number of carbonyl (C=O) groups excluding carboxylic acids is 1. The van der Waals surface area contributed by atoms with Crippen LogP contribution in [0.4, 0.5) is 5.69 Å². The van der Waals surface area contributed by atoms with Crippen molar-refractivity contribution >= 4 is 11.6 Å². The molecule has 0 aliphatic heterocycles. The van der Waals surface area contributed by atoms with Gasteiger partial charge in [-0.15, -0.1) is 0 Å². The molecule has 0 saturated heterocycles. The Morgan fingerprint density at radius 3 is 2.55 bits per heavy atom. The Morgan fingerprint density at radius 1 is 1.25 bits per heavy atom. The first-order chi connectivity index (χ1) is 9.60. The molecule has 0 radical (unpaired) electrons. The van der Waals surface area contributed by atoms with Crippen molar-refractivity contribution in [2.45, 2.75) is 20.3 Å². The Labute approximate surface area is 117 Å². The van der Waals surface area contributed by atoms with Crippen LogP contribution in [-0.2, 0) is 6.42 Å². The molecule has 1 aromatic carbocycles. The summed E-state index contributed by atoms with van der Waals surface area (Å²) >= 11 is 0.